The third-order valence-electron chi connectivity index (χ3n) is 4.51. The predicted molar refractivity (Wildman–Crippen MR) is 114 cm³/mol. The van der Waals surface area contributed by atoms with E-state index in [1.165, 1.54) is 6.07 Å². The Hall–Kier alpha value is -2.64. The van der Waals surface area contributed by atoms with Crippen LogP contribution in [0.25, 0.3) is 0 Å². The molecule has 1 aromatic carbocycles. The molecule has 0 radical (unpaired) electrons. The maximum Gasteiger partial charge on any atom is 0.547 e. The van der Waals surface area contributed by atoms with Crippen molar-refractivity contribution in [2.75, 3.05) is 12.5 Å². The van der Waals surface area contributed by atoms with Crippen LogP contribution in [0.4, 0.5) is 0 Å². The first kappa shape index (κ1) is 25.6. The van der Waals surface area contributed by atoms with Crippen molar-refractivity contribution in [1.82, 2.24) is 5.32 Å². The number of primary sulfonamides is 1. The number of fused-ring (bicyclic) bond motifs is 1. The lowest BCUT2D eigenvalue weighted by molar-refractivity contribution is -0.161. The molecule has 1 aliphatic heterocycles. The first-order valence-corrected chi connectivity index (χ1v) is 11.6. The summed E-state index contributed by atoms with van der Waals surface area (Å²) in [7, 11) is -5.11. The van der Waals surface area contributed by atoms with Crippen LogP contribution in [0.5, 0.6) is 5.75 Å². The quantitative estimate of drug-likeness (QED) is 0.267. The largest absolute Gasteiger partial charge is 0.547 e. The number of para-hydroxylation sites is 1. The lowest BCUT2D eigenvalue weighted by atomic mass is 9.72. The summed E-state index contributed by atoms with van der Waals surface area (Å²) in [5.74, 6) is -2.84. The van der Waals surface area contributed by atoms with Gasteiger partial charge in [-0.15, -0.1) is 0 Å². The number of ether oxygens (including phenoxy) is 2. The topological polar surface area (TPSA) is 171 Å². The van der Waals surface area contributed by atoms with E-state index in [-0.39, 0.29) is 36.3 Å². The minimum atomic E-state index is -3.66. The van der Waals surface area contributed by atoms with E-state index < -0.39 is 53.1 Å². The zero-order valence-corrected chi connectivity index (χ0v) is 18.9. The highest BCUT2D eigenvalue weighted by Crippen LogP contribution is 2.30. The predicted octanol–water partition coefficient (Wildman–Crippen LogP) is -0.102. The number of hydrogen-bond acceptors (Lipinski definition) is 9. The van der Waals surface area contributed by atoms with Gasteiger partial charge >= 0.3 is 19.1 Å². The van der Waals surface area contributed by atoms with Gasteiger partial charge in [-0.05, 0) is 45.2 Å². The average Bonchev–Trinajstić information content (AvgIpc) is 2.66. The maximum absolute atomic E-state index is 12.4. The molecule has 1 unspecified atom stereocenters. The van der Waals surface area contributed by atoms with Crippen LogP contribution in [0.15, 0.2) is 18.2 Å². The third kappa shape index (κ3) is 7.50. The van der Waals surface area contributed by atoms with Crippen molar-refractivity contribution in [3.05, 3.63) is 29.3 Å². The Morgan fingerprint density at radius 3 is 2.59 bits per heavy atom. The van der Waals surface area contributed by atoms with Gasteiger partial charge in [0.25, 0.3) is 0 Å². The molecule has 0 spiro atoms. The van der Waals surface area contributed by atoms with Crippen molar-refractivity contribution in [1.29, 1.82) is 0 Å². The summed E-state index contributed by atoms with van der Waals surface area (Å²) in [6, 6.07) is 4.69. The van der Waals surface area contributed by atoms with Crippen LogP contribution in [-0.2, 0) is 35.5 Å². The second kappa shape index (κ2) is 10.3. The van der Waals surface area contributed by atoms with Crippen LogP contribution < -0.4 is 15.1 Å². The summed E-state index contributed by atoms with van der Waals surface area (Å²) in [5.41, 5.74) is -0.165. The first-order valence-electron chi connectivity index (χ1n) is 9.89. The van der Waals surface area contributed by atoms with Gasteiger partial charge in [0.2, 0.25) is 22.7 Å². The van der Waals surface area contributed by atoms with Gasteiger partial charge in [0.1, 0.15) is 11.3 Å². The summed E-state index contributed by atoms with van der Waals surface area (Å²) < 4.78 is 37.2. The second-order valence-electron chi connectivity index (χ2n) is 8.38. The normalized spacial score (nSPS) is 15.9. The number of amides is 1. The lowest BCUT2D eigenvalue weighted by Crippen LogP contribution is -2.53. The van der Waals surface area contributed by atoms with Crippen molar-refractivity contribution in [3.63, 3.8) is 0 Å². The molecule has 176 valence electrons. The van der Waals surface area contributed by atoms with E-state index in [4.69, 9.17) is 19.3 Å². The standard InChI is InChI=1S/C19H27BN2O9S/c1-19(2,3)18(25)30-11-29-17(24)13-7-4-6-12-10-14(20(26)31-16(12)13)22-15(23)8-5-9-32(21,27)28/h4,6-7,14,26H,5,8-11H2,1-3H3,(H,22,23)(H2,21,27,28). The zero-order valence-electron chi connectivity index (χ0n) is 18.1. The molecule has 0 saturated heterocycles. The number of carbonyl (C=O) groups excluding carboxylic acids is 3. The van der Waals surface area contributed by atoms with Crippen molar-refractivity contribution in [2.24, 2.45) is 10.6 Å². The van der Waals surface area contributed by atoms with Crippen molar-refractivity contribution >= 4 is 35.0 Å². The van der Waals surface area contributed by atoms with Crippen LogP contribution in [0, 0.1) is 5.41 Å². The van der Waals surface area contributed by atoms with Gasteiger partial charge in [0.15, 0.2) is 0 Å². The maximum atomic E-state index is 12.4. The zero-order chi connectivity index (χ0) is 24.1. The van der Waals surface area contributed by atoms with Crippen LogP contribution >= 0.6 is 0 Å². The highest BCUT2D eigenvalue weighted by atomic mass is 32.2. The molecule has 11 nitrogen and oxygen atoms in total. The molecular weight excluding hydrogens is 443 g/mol. The molecule has 1 aromatic rings. The summed E-state index contributed by atoms with van der Waals surface area (Å²) in [6.07, 6.45) is 0.115. The van der Waals surface area contributed by atoms with Gasteiger partial charge in [-0.1, -0.05) is 12.1 Å². The summed E-state index contributed by atoms with van der Waals surface area (Å²) in [6.45, 7) is 4.41. The number of benzene rings is 1. The Labute approximate surface area is 186 Å². The average molecular weight is 470 g/mol. The molecule has 0 saturated carbocycles. The minimum absolute atomic E-state index is 0.0336. The number of hydrogen-bond donors (Lipinski definition) is 3. The fourth-order valence-electron chi connectivity index (χ4n) is 2.85. The Morgan fingerprint density at radius 2 is 1.97 bits per heavy atom. The van der Waals surface area contributed by atoms with E-state index in [2.05, 4.69) is 5.32 Å². The van der Waals surface area contributed by atoms with Crippen LogP contribution in [-0.4, -0.2) is 56.9 Å². The summed E-state index contributed by atoms with van der Waals surface area (Å²) >= 11 is 0. The van der Waals surface area contributed by atoms with E-state index in [0.29, 0.717) is 5.56 Å². The first-order chi connectivity index (χ1) is 14.8. The van der Waals surface area contributed by atoms with E-state index in [9.17, 15) is 27.8 Å². The second-order valence-corrected chi connectivity index (χ2v) is 10.1. The number of esters is 2. The summed E-state index contributed by atoms with van der Waals surface area (Å²) in [5, 5.41) is 17.8. The molecule has 1 atom stereocenters. The molecule has 0 aliphatic carbocycles. The van der Waals surface area contributed by atoms with Gasteiger partial charge < -0.3 is 24.5 Å². The van der Waals surface area contributed by atoms with Gasteiger partial charge in [-0.3, -0.25) is 9.59 Å². The highest BCUT2D eigenvalue weighted by molar-refractivity contribution is 7.89. The van der Waals surface area contributed by atoms with Crippen molar-refractivity contribution < 1.29 is 42.0 Å². The Bertz CT molecular complexity index is 976. The molecule has 0 bridgehead atoms. The Morgan fingerprint density at radius 1 is 1.28 bits per heavy atom. The number of nitrogens with one attached hydrogen (secondary N) is 1. The van der Waals surface area contributed by atoms with E-state index >= 15 is 0 Å². The smallest absolute Gasteiger partial charge is 0.534 e. The van der Waals surface area contributed by atoms with Gasteiger partial charge in [0, 0.05) is 6.42 Å². The van der Waals surface area contributed by atoms with Gasteiger partial charge in [0.05, 0.1) is 17.1 Å². The van der Waals surface area contributed by atoms with Crippen LogP contribution in [0.3, 0.4) is 0 Å². The van der Waals surface area contributed by atoms with E-state index in [0.717, 1.165) is 0 Å². The fourth-order valence-corrected chi connectivity index (χ4v) is 3.40. The van der Waals surface area contributed by atoms with Crippen molar-refractivity contribution in [3.8, 4) is 5.75 Å². The molecule has 0 fully saturated rings. The molecular formula is C19H27BN2O9S. The minimum Gasteiger partial charge on any atom is -0.534 e. The third-order valence-corrected chi connectivity index (χ3v) is 5.37. The van der Waals surface area contributed by atoms with Crippen molar-refractivity contribution in [2.45, 2.75) is 46.0 Å². The SMILES string of the molecule is CC(C)(C)C(=O)OCOC(=O)c1cccc2c1OB(O)C(NC(=O)CCCS(N)(=O)=O)C2. The molecule has 2 rings (SSSR count). The Balaban J connectivity index is 1.98. The van der Waals surface area contributed by atoms with Gasteiger partial charge in [-0.2, -0.15) is 0 Å². The van der Waals surface area contributed by atoms with Gasteiger partial charge in [-0.25, -0.2) is 18.4 Å². The molecule has 4 N–H and O–H groups in total. The summed E-state index contributed by atoms with van der Waals surface area (Å²) in [4.78, 5) is 36.2. The molecule has 1 aliphatic rings. The fraction of sp³-hybridized carbons (Fsp3) is 0.526. The number of rotatable bonds is 8. The molecule has 0 aromatic heterocycles. The number of carbonyl (C=O) groups is 3. The molecule has 13 heteroatoms. The molecule has 32 heavy (non-hydrogen) atoms. The van der Waals surface area contributed by atoms with Crippen LogP contribution in [0.2, 0.25) is 0 Å². The monoisotopic (exact) mass is 470 g/mol. The Kier molecular flexibility index (Phi) is 8.26. The lowest BCUT2D eigenvalue weighted by Gasteiger charge is -2.29. The number of sulfonamides is 1. The number of nitrogens with two attached hydrogens (primary N) is 1. The highest BCUT2D eigenvalue weighted by Gasteiger charge is 2.38. The molecule has 1 amide bonds. The molecule has 1 heterocycles. The van der Waals surface area contributed by atoms with E-state index in [1.807, 2.05) is 0 Å². The van der Waals surface area contributed by atoms with Crippen LogP contribution in [0.1, 0.15) is 49.5 Å². The van der Waals surface area contributed by atoms with E-state index in [1.54, 1.807) is 32.9 Å².